The van der Waals surface area contributed by atoms with E-state index in [2.05, 4.69) is 20.6 Å². The Bertz CT molecular complexity index is 1110. The zero-order valence-corrected chi connectivity index (χ0v) is 16.7. The predicted molar refractivity (Wildman–Crippen MR) is 109 cm³/mol. The van der Waals surface area contributed by atoms with Crippen LogP contribution in [0.4, 0.5) is 0 Å². The minimum atomic E-state index is -0.178. The standard InChI is InChI=1S/C22H21N5O3/c1-15-20(16(2)30-26-15)14-29-19-8-6-17(7-9-19)22(28)24-13-18-5-3-10-23-21(18)27-12-4-11-25-27/h3-12H,13-14H2,1-2H3,(H,24,28). The van der Waals surface area contributed by atoms with Gasteiger partial charge in [-0.2, -0.15) is 5.10 Å². The Morgan fingerprint density at radius 2 is 1.97 bits per heavy atom. The number of carbonyl (C=O) groups excluding carboxylic acids is 1. The maximum atomic E-state index is 12.5. The fourth-order valence-corrected chi connectivity index (χ4v) is 3.01. The normalized spacial score (nSPS) is 10.7. The third kappa shape index (κ3) is 4.22. The van der Waals surface area contributed by atoms with Crippen LogP contribution in [0.3, 0.4) is 0 Å². The van der Waals surface area contributed by atoms with Crippen molar-refractivity contribution in [3.8, 4) is 11.6 Å². The number of hydrogen-bond acceptors (Lipinski definition) is 6. The lowest BCUT2D eigenvalue weighted by atomic mass is 10.2. The molecule has 30 heavy (non-hydrogen) atoms. The van der Waals surface area contributed by atoms with Gasteiger partial charge in [-0.15, -0.1) is 0 Å². The van der Waals surface area contributed by atoms with Crippen LogP contribution in [-0.2, 0) is 13.2 Å². The minimum Gasteiger partial charge on any atom is -0.489 e. The summed E-state index contributed by atoms with van der Waals surface area (Å²) in [6.07, 6.45) is 5.20. The number of pyridine rings is 1. The smallest absolute Gasteiger partial charge is 0.251 e. The fraction of sp³-hybridized carbons (Fsp3) is 0.182. The number of amides is 1. The molecule has 8 nitrogen and oxygen atoms in total. The van der Waals surface area contributed by atoms with Crippen LogP contribution in [0.5, 0.6) is 5.75 Å². The molecule has 0 aliphatic heterocycles. The molecule has 1 amide bonds. The van der Waals surface area contributed by atoms with Gasteiger partial charge in [0.2, 0.25) is 0 Å². The first-order valence-electron chi connectivity index (χ1n) is 9.48. The van der Waals surface area contributed by atoms with Crippen LogP contribution in [0.15, 0.2) is 65.6 Å². The summed E-state index contributed by atoms with van der Waals surface area (Å²) in [6, 6.07) is 12.6. The summed E-state index contributed by atoms with van der Waals surface area (Å²) in [6.45, 7) is 4.44. The van der Waals surface area contributed by atoms with E-state index in [1.807, 2.05) is 38.2 Å². The molecule has 1 N–H and O–H groups in total. The third-order valence-corrected chi connectivity index (χ3v) is 4.71. The van der Waals surface area contributed by atoms with Gasteiger partial charge in [-0.3, -0.25) is 4.79 Å². The monoisotopic (exact) mass is 403 g/mol. The van der Waals surface area contributed by atoms with Crippen molar-refractivity contribution < 1.29 is 14.1 Å². The van der Waals surface area contributed by atoms with E-state index in [1.165, 1.54) is 0 Å². The molecule has 0 saturated carbocycles. The number of rotatable bonds is 7. The molecule has 0 fully saturated rings. The molecule has 0 atom stereocenters. The number of hydrogen-bond donors (Lipinski definition) is 1. The van der Waals surface area contributed by atoms with Crippen LogP contribution in [0.1, 0.15) is 32.9 Å². The Hall–Kier alpha value is -3.94. The van der Waals surface area contributed by atoms with E-state index < -0.39 is 0 Å². The van der Waals surface area contributed by atoms with Crippen molar-refractivity contribution in [2.24, 2.45) is 0 Å². The summed E-state index contributed by atoms with van der Waals surface area (Å²) in [7, 11) is 0. The van der Waals surface area contributed by atoms with E-state index in [-0.39, 0.29) is 5.91 Å². The van der Waals surface area contributed by atoms with Gasteiger partial charge in [-0.05, 0) is 50.2 Å². The van der Waals surface area contributed by atoms with Gasteiger partial charge in [0.1, 0.15) is 18.1 Å². The Morgan fingerprint density at radius 1 is 1.13 bits per heavy atom. The molecule has 4 rings (SSSR count). The van der Waals surface area contributed by atoms with Crippen LogP contribution < -0.4 is 10.1 Å². The van der Waals surface area contributed by atoms with E-state index in [0.29, 0.717) is 30.3 Å². The minimum absolute atomic E-state index is 0.178. The molecule has 0 spiro atoms. The largest absolute Gasteiger partial charge is 0.489 e. The topological polar surface area (TPSA) is 95.1 Å². The number of carbonyl (C=O) groups is 1. The van der Waals surface area contributed by atoms with E-state index in [4.69, 9.17) is 9.26 Å². The summed E-state index contributed by atoms with van der Waals surface area (Å²) >= 11 is 0. The SMILES string of the molecule is Cc1noc(C)c1COc1ccc(C(=O)NCc2cccnc2-n2cccn2)cc1. The van der Waals surface area contributed by atoms with Crippen LogP contribution in [0, 0.1) is 13.8 Å². The molecule has 3 heterocycles. The number of aromatic nitrogens is 4. The highest BCUT2D eigenvalue weighted by molar-refractivity contribution is 5.94. The summed E-state index contributed by atoms with van der Waals surface area (Å²) in [5.41, 5.74) is 3.16. The summed E-state index contributed by atoms with van der Waals surface area (Å²) in [4.78, 5) is 16.9. The molecule has 1 aromatic carbocycles. The summed E-state index contributed by atoms with van der Waals surface area (Å²) in [5.74, 6) is 1.92. The second kappa shape index (κ2) is 8.60. The second-order valence-corrected chi connectivity index (χ2v) is 6.74. The van der Waals surface area contributed by atoms with Crippen LogP contribution >= 0.6 is 0 Å². The highest BCUT2D eigenvalue weighted by atomic mass is 16.5. The maximum Gasteiger partial charge on any atom is 0.251 e. The predicted octanol–water partition coefficient (Wildman–Crippen LogP) is 3.38. The van der Waals surface area contributed by atoms with Crippen molar-refractivity contribution in [3.63, 3.8) is 0 Å². The summed E-state index contributed by atoms with van der Waals surface area (Å²) < 4.78 is 12.6. The fourth-order valence-electron chi connectivity index (χ4n) is 3.01. The quantitative estimate of drug-likeness (QED) is 0.508. The van der Waals surface area contributed by atoms with Crippen molar-refractivity contribution in [1.29, 1.82) is 0 Å². The lowest BCUT2D eigenvalue weighted by Gasteiger charge is -2.10. The van der Waals surface area contributed by atoms with Crippen molar-refractivity contribution in [2.45, 2.75) is 27.0 Å². The average molecular weight is 403 g/mol. The molecule has 3 aromatic heterocycles. The zero-order chi connectivity index (χ0) is 20.9. The van der Waals surface area contributed by atoms with Crippen molar-refractivity contribution in [3.05, 3.63) is 89.2 Å². The van der Waals surface area contributed by atoms with Gasteiger partial charge < -0.3 is 14.6 Å². The zero-order valence-electron chi connectivity index (χ0n) is 16.7. The Labute approximate surface area is 173 Å². The van der Waals surface area contributed by atoms with E-state index >= 15 is 0 Å². The van der Waals surface area contributed by atoms with Crippen molar-refractivity contribution in [1.82, 2.24) is 25.2 Å². The molecule has 0 aliphatic rings. The third-order valence-electron chi connectivity index (χ3n) is 4.71. The van der Waals surface area contributed by atoms with Gasteiger partial charge in [-0.1, -0.05) is 11.2 Å². The Kier molecular flexibility index (Phi) is 5.56. The van der Waals surface area contributed by atoms with Gasteiger partial charge >= 0.3 is 0 Å². The second-order valence-electron chi connectivity index (χ2n) is 6.74. The van der Waals surface area contributed by atoms with Crippen LogP contribution in [0.2, 0.25) is 0 Å². The van der Waals surface area contributed by atoms with Crippen molar-refractivity contribution in [2.75, 3.05) is 0 Å². The van der Waals surface area contributed by atoms with Crippen LogP contribution in [-0.4, -0.2) is 25.8 Å². The summed E-state index contributed by atoms with van der Waals surface area (Å²) in [5, 5.41) is 11.0. The molecule has 8 heteroatoms. The first-order valence-corrected chi connectivity index (χ1v) is 9.48. The molecule has 0 saturated heterocycles. The van der Waals surface area contributed by atoms with E-state index in [0.717, 1.165) is 22.6 Å². The molecule has 152 valence electrons. The number of nitrogens with one attached hydrogen (secondary N) is 1. The molecule has 0 aliphatic carbocycles. The van der Waals surface area contributed by atoms with Gasteiger partial charge in [0.15, 0.2) is 5.82 Å². The maximum absolute atomic E-state index is 12.5. The van der Waals surface area contributed by atoms with Gasteiger partial charge in [0.25, 0.3) is 5.91 Å². The number of ether oxygens (including phenoxy) is 1. The molecule has 4 aromatic rings. The molecule has 0 bridgehead atoms. The first kappa shape index (κ1) is 19.4. The highest BCUT2D eigenvalue weighted by Crippen LogP contribution is 2.18. The number of aryl methyl sites for hydroxylation is 2. The number of benzene rings is 1. The van der Waals surface area contributed by atoms with Crippen LogP contribution in [0.25, 0.3) is 5.82 Å². The Balaban J connectivity index is 1.37. The molecule has 0 radical (unpaired) electrons. The molecule has 0 unspecified atom stereocenters. The van der Waals surface area contributed by atoms with E-state index in [9.17, 15) is 4.79 Å². The Morgan fingerprint density at radius 3 is 2.67 bits per heavy atom. The molecular weight excluding hydrogens is 382 g/mol. The van der Waals surface area contributed by atoms with Gasteiger partial charge in [-0.25, -0.2) is 9.67 Å². The lowest BCUT2D eigenvalue weighted by Crippen LogP contribution is -2.23. The highest BCUT2D eigenvalue weighted by Gasteiger charge is 2.11. The van der Waals surface area contributed by atoms with Crippen molar-refractivity contribution >= 4 is 5.91 Å². The average Bonchev–Trinajstić information content (AvgIpc) is 3.41. The molecular formula is C22H21N5O3. The van der Waals surface area contributed by atoms with Gasteiger partial charge in [0, 0.05) is 36.3 Å². The lowest BCUT2D eigenvalue weighted by molar-refractivity contribution is 0.0951. The van der Waals surface area contributed by atoms with Gasteiger partial charge in [0.05, 0.1) is 11.3 Å². The van der Waals surface area contributed by atoms with E-state index in [1.54, 1.807) is 41.3 Å². The number of nitrogens with zero attached hydrogens (tertiary/aromatic N) is 4. The first-order chi connectivity index (χ1) is 14.6.